The van der Waals surface area contributed by atoms with E-state index >= 15 is 0 Å². The third-order valence-electron chi connectivity index (χ3n) is 2.22. The molecule has 0 radical (unpaired) electrons. The third-order valence-corrected chi connectivity index (χ3v) is 2.82. The Balaban J connectivity index is 2.34. The van der Waals surface area contributed by atoms with Crippen molar-refractivity contribution >= 4 is 15.9 Å². The van der Waals surface area contributed by atoms with Gasteiger partial charge in [0, 0.05) is 5.33 Å². The van der Waals surface area contributed by atoms with Crippen molar-refractivity contribution in [2.45, 2.75) is 24.1 Å². The van der Waals surface area contributed by atoms with Crippen LogP contribution in [0.2, 0.25) is 0 Å². The zero-order valence-electron chi connectivity index (χ0n) is 6.39. The summed E-state index contributed by atoms with van der Waals surface area (Å²) in [5, 5.41) is 1.000. The fourth-order valence-corrected chi connectivity index (χ4v) is 1.96. The first kappa shape index (κ1) is 7.35. The molecule has 0 unspecified atom stereocenters. The molecule has 0 aromatic heterocycles. The summed E-state index contributed by atoms with van der Waals surface area (Å²) < 4.78 is 0. The molecule has 0 saturated heterocycles. The Hall–Kier alpha value is -0.300. The zero-order valence-corrected chi connectivity index (χ0v) is 7.97. The van der Waals surface area contributed by atoms with Gasteiger partial charge >= 0.3 is 0 Å². The average molecular weight is 211 g/mol. The second-order valence-corrected chi connectivity index (χ2v) is 3.67. The minimum atomic E-state index is 0.878. The molecule has 1 aliphatic carbocycles. The SMILES string of the molecule is BrCc1ccccc1C1CC1. The molecule has 1 aromatic carbocycles. The second-order valence-electron chi connectivity index (χ2n) is 3.11. The van der Waals surface area contributed by atoms with Gasteiger partial charge in [0.2, 0.25) is 0 Å². The molecule has 0 heterocycles. The molecule has 11 heavy (non-hydrogen) atoms. The predicted octanol–water partition coefficient (Wildman–Crippen LogP) is 3.46. The minimum Gasteiger partial charge on any atom is -0.0876 e. The average Bonchev–Trinajstić information content (AvgIpc) is 2.87. The summed E-state index contributed by atoms with van der Waals surface area (Å²) in [7, 11) is 0. The van der Waals surface area contributed by atoms with Crippen molar-refractivity contribution < 1.29 is 0 Å². The molecule has 0 bridgehead atoms. The van der Waals surface area contributed by atoms with E-state index in [2.05, 4.69) is 40.2 Å². The molecule has 0 amide bonds. The van der Waals surface area contributed by atoms with Crippen molar-refractivity contribution in [2.75, 3.05) is 0 Å². The van der Waals surface area contributed by atoms with Gasteiger partial charge in [0.25, 0.3) is 0 Å². The first-order valence-corrected chi connectivity index (χ1v) is 5.17. The van der Waals surface area contributed by atoms with E-state index in [1.54, 1.807) is 5.56 Å². The molecule has 2 rings (SSSR count). The summed E-state index contributed by atoms with van der Waals surface area (Å²) in [5.74, 6) is 0.878. The zero-order chi connectivity index (χ0) is 7.68. The van der Waals surface area contributed by atoms with Crippen LogP contribution >= 0.6 is 15.9 Å². The van der Waals surface area contributed by atoms with Gasteiger partial charge in [-0.3, -0.25) is 0 Å². The van der Waals surface area contributed by atoms with E-state index in [9.17, 15) is 0 Å². The number of rotatable bonds is 2. The fourth-order valence-electron chi connectivity index (χ4n) is 1.45. The molecular formula is C10H11Br. The van der Waals surface area contributed by atoms with Crippen LogP contribution in [0.3, 0.4) is 0 Å². The van der Waals surface area contributed by atoms with E-state index in [1.165, 1.54) is 18.4 Å². The largest absolute Gasteiger partial charge is 0.0876 e. The Morgan fingerprint density at radius 2 is 2.00 bits per heavy atom. The summed E-state index contributed by atoms with van der Waals surface area (Å²) in [6, 6.07) is 8.72. The highest BCUT2D eigenvalue weighted by atomic mass is 79.9. The van der Waals surface area contributed by atoms with Crippen molar-refractivity contribution in [1.29, 1.82) is 0 Å². The van der Waals surface area contributed by atoms with Gasteiger partial charge in [0.05, 0.1) is 0 Å². The summed E-state index contributed by atoms with van der Waals surface area (Å²) in [5.41, 5.74) is 3.03. The topological polar surface area (TPSA) is 0 Å². The van der Waals surface area contributed by atoms with Gasteiger partial charge in [0.1, 0.15) is 0 Å². The van der Waals surface area contributed by atoms with Crippen molar-refractivity contribution in [3.05, 3.63) is 35.4 Å². The van der Waals surface area contributed by atoms with E-state index in [0.717, 1.165) is 11.2 Å². The predicted molar refractivity (Wildman–Crippen MR) is 51.0 cm³/mol. The lowest BCUT2D eigenvalue weighted by Gasteiger charge is -2.03. The second kappa shape index (κ2) is 2.98. The molecule has 1 aromatic rings. The summed E-state index contributed by atoms with van der Waals surface area (Å²) in [6.45, 7) is 0. The first-order valence-electron chi connectivity index (χ1n) is 4.05. The van der Waals surface area contributed by atoms with E-state index in [1.807, 2.05) is 0 Å². The normalized spacial score (nSPS) is 16.8. The van der Waals surface area contributed by atoms with Crippen LogP contribution in [-0.2, 0) is 5.33 Å². The lowest BCUT2D eigenvalue weighted by atomic mass is 10.1. The van der Waals surface area contributed by atoms with Gasteiger partial charge in [-0.2, -0.15) is 0 Å². The van der Waals surface area contributed by atoms with Gasteiger partial charge in [-0.1, -0.05) is 40.2 Å². The molecule has 1 heteroatoms. The molecule has 1 fully saturated rings. The van der Waals surface area contributed by atoms with Crippen LogP contribution in [0, 0.1) is 0 Å². The van der Waals surface area contributed by atoms with Gasteiger partial charge in [0.15, 0.2) is 0 Å². The minimum absolute atomic E-state index is 0.878. The van der Waals surface area contributed by atoms with Crippen molar-refractivity contribution in [3.8, 4) is 0 Å². The van der Waals surface area contributed by atoms with Crippen LogP contribution in [0.1, 0.15) is 29.9 Å². The number of hydrogen-bond acceptors (Lipinski definition) is 0. The summed E-state index contributed by atoms with van der Waals surface area (Å²) in [6.07, 6.45) is 2.79. The standard InChI is InChI=1S/C10H11Br/c11-7-9-3-1-2-4-10(9)8-5-6-8/h1-4,8H,5-7H2. The van der Waals surface area contributed by atoms with Crippen molar-refractivity contribution in [2.24, 2.45) is 0 Å². The monoisotopic (exact) mass is 210 g/mol. The van der Waals surface area contributed by atoms with Crippen LogP contribution in [0.15, 0.2) is 24.3 Å². The Morgan fingerprint density at radius 1 is 1.27 bits per heavy atom. The third kappa shape index (κ3) is 1.48. The summed E-state index contributed by atoms with van der Waals surface area (Å²) in [4.78, 5) is 0. The van der Waals surface area contributed by atoms with Crippen LogP contribution in [0.25, 0.3) is 0 Å². The van der Waals surface area contributed by atoms with Crippen LogP contribution < -0.4 is 0 Å². The number of alkyl halides is 1. The highest BCUT2D eigenvalue weighted by Gasteiger charge is 2.24. The number of hydrogen-bond donors (Lipinski definition) is 0. The molecule has 0 aliphatic heterocycles. The lowest BCUT2D eigenvalue weighted by Crippen LogP contribution is -1.86. The van der Waals surface area contributed by atoms with Crippen molar-refractivity contribution in [3.63, 3.8) is 0 Å². The maximum absolute atomic E-state index is 3.50. The van der Waals surface area contributed by atoms with Crippen molar-refractivity contribution in [1.82, 2.24) is 0 Å². The molecular weight excluding hydrogens is 200 g/mol. The van der Waals surface area contributed by atoms with E-state index < -0.39 is 0 Å². The van der Waals surface area contributed by atoms with Crippen LogP contribution in [0.5, 0.6) is 0 Å². The van der Waals surface area contributed by atoms with E-state index in [-0.39, 0.29) is 0 Å². The Bertz CT molecular complexity index is 251. The molecule has 0 atom stereocenters. The Morgan fingerprint density at radius 3 is 2.64 bits per heavy atom. The highest BCUT2D eigenvalue weighted by Crippen LogP contribution is 2.41. The summed E-state index contributed by atoms with van der Waals surface area (Å²) >= 11 is 3.50. The highest BCUT2D eigenvalue weighted by molar-refractivity contribution is 9.08. The van der Waals surface area contributed by atoms with Gasteiger partial charge < -0.3 is 0 Å². The van der Waals surface area contributed by atoms with E-state index in [4.69, 9.17) is 0 Å². The molecule has 1 aliphatic rings. The maximum Gasteiger partial charge on any atom is 0.0285 e. The van der Waals surface area contributed by atoms with Crippen LogP contribution in [-0.4, -0.2) is 0 Å². The molecule has 1 saturated carbocycles. The van der Waals surface area contributed by atoms with Gasteiger partial charge in [-0.05, 0) is 29.9 Å². The number of halogens is 1. The van der Waals surface area contributed by atoms with Gasteiger partial charge in [-0.15, -0.1) is 0 Å². The smallest absolute Gasteiger partial charge is 0.0285 e. The molecule has 58 valence electrons. The van der Waals surface area contributed by atoms with Crippen LogP contribution in [0.4, 0.5) is 0 Å². The number of benzene rings is 1. The molecule has 0 nitrogen and oxygen atoms in total. The van der Waals surface area contributed by atoms with Gasteiger partial charge in [-0.25, -0.2) is 0 Å². The molecule has 0 spiro atoms. The van der Waals surface area contributed by atoms with E-state index in [0.29, 0.717) is 0 Å². The molecule has 0 N–H and O–H groups in total. The Labute approximate surface area is 75.8 Å². The first-order chi connectivity index (χ1) is 5.42. The quantitative estimate of drug-likeness (QED) is 0.657. The Kier molecular flexibility index (Phi) is 1.99. The maximum atomic E-state index is 3.50. The fraction of sp³-hybridized carbons (Fsp3) is 0.400. The lowest BCUT2D eigenvalue weighted by molar-refractivity contribution is 1.09.